The molecular weight excluding hydrogens is 226 g/mol. The van der Waals surface area contributed by atoms with Crippen LogP contribution in [0.25, 0.3) is 0 Å². The Labute approximate surface area is 107 Å². The number of nitrogens with zero attached hydrogens (tertiary/aromatic N) is 3. The second kappa shape index (κ2) is 3.67. The van der Waals surface area contributed by atoms with Crippen LogP contribution in [0.1, 0.15) is 44.9 Å². The van der Waals surface area contributed by atoms with Gasteiger partial charge in [-0.1, -0.05) is 18.6 Å². The monoisotopic (exact) mass is 245 g/mol. The van der Waals surface area contributed by atoms with Crippen molar-refractivity contribution in [1.82, 2.24) is 15.0 Å². The largest absolute Gasteiger partial charge is 0.368 e. The van der Waals surface area contributed by atoms with Gasteiger partial charge in [-0.05, 0) is 37.5 Å². The van der Waals surface area contributed by atoms with Gasteiger partial charge in [-0.25, -0.2) is 0 Å². The van der Waals surface area contributed by atoms with Crippen molar-refractivity contribution < 1.29 is 0 Å². The molecule has 2 bridgehead atoms. The quantitative estimate of drug-likeness (QED) is 0.776. The number of hydrogen-bond donors (Lipinski definition) is 2. The molecule has 0 spiro atoms. The van der Waals surface area contributed by atoms with Gasteiger partial charge in [0.1, 0.15) is 5.82 Å². The van der Waals surface area contributed by atoms with E-state index in [2.05, 4.69) is 34.9 Å². The molecule has 2 aliphatic rings. The van der Waals surface area contributed by atoms with Gasteiger partial charge in [0, 0.05) is 5.92 Å². The molecule has 3 rings (SSSR count). The highest BCUT2D eigenvalue weighted by Gasteiger charge is 2.49. The molecule has 0 saturated heterocycles. The summed E-state index contributed by atoms with van der Waals surface area (Å²) in [5.41, 5.74) is 13.1. The third-order valence-electron chi connectivity index (χ3n) is 4.58. The van der Waals surface area contributed by atoms with Crippen LogP contribution in [0.5, 0.6) is 0 Å². The van der Waals surface area contributed by atoms with Crippen LogP contribution < -0.4 is 11.5 Å². The molecular formula is C13H19N5. The van der Waals surface area contributed by atoms with E-state index in [0.29, 0.717) is 17.3 Å². The molecule has 0 aliphatic heterocycles. The molecule has 1 aromatic heterocycles. The maximum Gasteiger partial charge on any atom is 0.225 e. The fourth-order valence-electron chi connectivity index (χ4n) is 3.68. The van der Waals surface area contributed by atoms with E-state index < -0.39 is 0 Å². The zero-order valence-corrected chi connectivity index (χ0v) is 10.8. The van der Waals surface area contributed by atoms with Gasteiger partial charge < -0.3 is 11.5 Å². The van der Waals surface area contributed by atoms with E-state index in [9.17, 15) is 0 Å². The Morgan fingerprint density at radius 2 is 1.78 bits per heavy atom. The molecule has 3 atom stereocenters. The van der Waals surface area contributed by atoms with Crippen LogP contribution in [-0.2, 0) is 0 Å². The van der Waals surface area contributed by atoms with Crippen LogP contribution in [-0.4, -0.2) is 15.0 Å². The van der Waals surface area contributed by atoms with Crippen molar-refractivity contribution in [2.24, 2.45) is 11.3 Å². The lowest BCUT2D eigenvalue weighted by molar-refractivity contribution is 0.378. The number of anilines is 2. The van der Waals surface area contributed by atoms with Crippen LogP contribution in [0.3, 0.4) is 0 Å². The van der Waals surface area contributed by atoms with Gasteiger partial charge >= 0.3 is 0 Å². The molecule has 4 N–H and O–H groups in total. The Hall–Kier alpha value is -1.65. The number of nitrogen functional groups attached to an aromatic ring is 2. The summed E-state index contributed by atoms with van der Waals surface area (Å²) in [4.78, 5) is 12.4. The van der Waals surface area contributed by atoms with E-state index in [0.717, 1.165) is 12.2 Å². The van der Waals surface area contributed by atoms with Gasteiger partial charge in [-0.2, -0.15) is 15.0 Å². The first kappa shape index (κ1) is 11.4. The Morgan fingerprint density at radius 3 is 2.33 bits per heavy atom. The zero-order chi connectivity index (χ0) is 12.9. The van der Waals surface area contributed by atoms with Crippen molar-refractivity contribution in [3.8, 4) is 0 Å². The van der Waals surface area contributed by atoms with Gasteiger partial charge in [-0.3, -0.25) is 0 Å². The fraction of sp³-hybridized carbons (Fsp3) is 0.615. The van der Waals surface area contributed by atoms with Crippen molar-refractivity contribution in [1.29, 1.82) is 0 Å². The minimum absolute atomic E-state index is 0.229. The molecule has 1 aromatic rings. The highest BCUT2D eigenvalue weighted by molar-refractivity contribution is 5.33. The first-order valence-electron chi connectivity index (χ1n) is 6.49. The Bertz CT molecular complexity index is 504. The SMILES string of the molecule is CCC12C=C(C)C(C1)C(c1nc(N)nc(N)n1)C2. The van der Waals surface area contributed by atoms with Crippen molar-refractivity contribution >= 4 is 11.9 Å². The van der Waals surface area contributed by atoms with Gasteiger partial charge in [0.15, 0.2) is 0 Å². The number of allylic oxidation sites excluding steroid dienone is 2. The van der Waals surface area contributed by atoms with Crippen LogP contribution in [0, 0.1) is 11.3 Å². The summed E-state index contributed by atoms with van der Waals surface area (Å²) in [6.07, 6.45) is 5.94. The van der Waals surface area contributed by atoms with Crippen LogP contribution >= 0.6 is 0 Å². The number of hydrogen-bond acceptors (Lipinski definition) is 5. The number of aromatic nitrogens is 3. The lowest BCUT2D eigenvalue weighted by Crippen LogP contribution is -2.18. The number of nitrogens with two attached hydrogens (primary N) is 2. The first-order valence-corrected chi connectivity index (χ1v) is 6.49. The van der Waals surface area contributed by atoms with E-state index in [1.165, 1.54) is 18.4 Å². The maximum atomic E-state index is 5.67. The van der Waals surface area contributed by atoms with Crippen molar-refractivity contribution in [2.45, 2.75) is 39.0 Å². The van der Waals surface area contributed by atoms with E-state index in [1.807, 2.05) is 0 Å². The van der Waals surface area contributed by atoms with E-state index >= 15 is 0 Å². The van der Waals surface area contributed by atoms with E-state index in [1.54, 1.807) is 0 Å². The molecule has 0 radical (unpaired) electrons. The molecule has 2 aliphatic carbocycles. The summed E-state index contributed by atoms with van der Waals surface area (Å²) >= 11 is 0. The lowest BCUT2D eigenvalue weighted by atomic mass is 9.80. The standard InChI is InChI=1S/C13H19N5/c1-3-13-4-7(2)8(5-13)9(6-13)10-16-11(14)18-12(15)17-10/h4,8-9H,3,5-6H2,1-2H3,(H4,14,15,16,17,18). The van der Waals surface area contributed by atoms with Gasteiger partial charge in [0.05, 0.1) is 0 Å². The second-order valence-corrected chi connectivity index (χ2v) is 5.64. The Kier molecular flexibility index (Phi) is 2.33. The second-order valence-electron chi connectivity index (χ2n) is 5.64. The molecule has 1 fully saturated rings. The van der Waals surface area contributed by atoms with E-state index in [4.69, 9.17) is 11.5 Å². The minimum Gasteiger partial charge on any atom is -0.368 e. The Balaban J connectivity index is 1.98. The minimum atomic E-state index is 0.229. The topological polar surface area (TPSA) is 90.7 Å². The molecule has 5 nitrogen and oxygen atoms in total. The van der Waals surface area contributed by atoms with Gasteiger partial charge in [0.25, 0.3) is 0 Å². The number of fused-ring (bicyclic) bond motifs is 2. The highest BCUT2D eigenvalue weighted by atomic mass is 15.1. The maximum absolute atomic E-state index is 5.67. The third kappa shape index (κ3) is 1.57. The summed E-state index contributed by atoms with van der Waals surface area (Å²) in [5, 5.41) is 0. The first-order chi connectivity index (χ1) is 8.53. The summed E-state index contributed by atoms with van der Waals surface area (Å²) in [6, 6.07) is 0. The lowest BCUT2D eigenvalue weighted by Gasteiger charge is -2.26. The van der Waals surface area contributed by atoms with Crippen molar-refractivity contribution in [3.05, 3.63) is 17.5 Å². The van der Waals surface area contributed by atoms with Crippen LogP contribution in [0.2, 0.25) is 0 Å². The molecule has 1 heterocycles. The third-order valence-corrected chi connectivity index (χ3v) is 4.58. The Morgan fingerprint density at radius 1 is 1.17 bits per heavy atom. The van der Waals surface area contributed by atoms with Crippen LogP contribution in [0.4, 0.5) is 11.9 Å². The summed E-state index contributed by atoms with van der Waals surface area (Å²) in [5.74, 6) is 2.13. The predicted molar refractivity (Wildman–Crippen MR) is 70.6 cm³/mol. The fourth-order valence-corrected chi connectivity index (χ4v) is 3.68. The molecule has 5 heteroatoms. The molecule has 0 aromatic carbocycles. The summed E-state index contributed by atoms with van der Waals surface area (Å²) < 4.78 is 0. The summed E-state index contributed by atoms with van der Waals surface area (Å²) in [6.45, 7) is 4.47. The smallest absolute Gasteiger partial charge is 0.225 e. The van der Waals surface area contributed by atoms with Crippen molar-refractivity contribution in [3.63, 3.8) is 0 Å². The predicted octanol–water partition coefficient (Wildman–Crippen LogP) is 1.89. The highest BCUT2D eigenvalue weighted by Crippen LogP contribution is 2.60. The zero-order valence-electron chi connectivity index (χ0n) is 10.8. The number of rotatable bonds is 2. The molecule has 18 heavy (non-hydrogen) atoms. The van der Waals surface area contributed by atoms with Crippen LogP contribution in [0.15, 0.2) is 11.6 Å². The molecule has 96 valence electrons. The normalized spacial score (nSPS) is 33.8. The average molecular weight is 245 g/mol. The van der Waals surface area contributed by atoms with Gasteiger partial charge in [0.2, 0.25) is 11.9 Å². The molecule has 1 saturated carbocycles. The van der Waals surface area contributed by atoms with E-state index in [-0.39, 0.29) is 11.9 Å². The van der Waals surface area contributed by atoms with Crippen molar-refractivity contribution in [2.75, 3.05) is 11.5 Å². The molecule has 3 unspecified atom stereocenters. The van der Waals surface area contributed by atoms with Gasteiger partial charge in [-0.15, -0.1) is 0 Å². The average Bonchev–Trinajstić information content (AvgIpc) is 2.83. The summed E-state index contributed by atoms with van der Waals surface area (Å²) in [7, 11) is 0. The molecule has 0 amide bonds.